The van der Waals surface area contributed by atoms with E-state index in [9.17, 15) is 64.0 Å². The van der Waals surface area contributed by atoms with E-state index in [0.29, 0.717) is 25.7 Å². The van der Waals surface area contributed by atoms with Gasteiger partial charge >= 0.3 is 27.6 Å². The lowest BCUT2D eigenvalue weighted by atomic mass is 9.85. The summed E-state index contributed by atoms with van der Waals surface area (Å²) in [5.74, 6) is -1.40. The van der Waals surface area contributed by atoms with E-state index in [4.69, 9.17) is 18.5 Å². The molecule has 0 radical (unpaired) electrons. The van der Waals surface area contributed by atoms with Crippen molar-refractivity contribution in [2.75, 3.05) is 13.2 Å². The molecule has 74 heavy (non-hydrogen) atoms. The molecule has 0 aliphatic heterocycles. The monoisotopic (exact) mass is 1090 g/mol. The van der Waals surface area contributed by atoms with E-state index in [0.717, 1.165) is 64.2 Å². The summed E-state index contributed by atoms with van der Waals surface area (Å²) in [6.07, 6.45) is 35.2. The number of carbonyl (C=O) groups excluding carboxylic acids is 2. The largest absolute Gasteiger partial charge is 0.472 e. The summed E-state index contributed by atoms with van der Waals surface area (Å²) in [5.41, 5.74) is 0. The summed E-state index contributed by atoms with van der Waals surface area (Å²) >= 11 is 0. The van der Waals surface area contributed by atoms with Gasteiger partial charge in [0.2, 0.25) is 0 Å². The second-order valence-corrected chi connectivity index (χ2v) is 20.5. The maximum absolute atomic E-state index is 13.0. The molecule has 5 unspecified atom stereocenters. The summed E-state index contributed by atoms with van der Waals surface area (Å²) in [7, 11) is -10.8. The number of ether oxygens (including phenoxy) is 2. The smallest absolute Gasteiger partial charge is 0.462 e. The van der Waals surface area contributed by atoms with E-state index in [1.54, 1.807) is 54.7 Å². The highest BCUT2D eigenvalue weighted by atomic mass is 31.2. The Morgan fingerprint density at radius 3 is 1.55 bits per heavy atom. The summed E-state index contributed by atoms with van der Waals surface area (Å²) in [5, 5.41) is 61.4. The van der Waals surface area contributed by atoms with Gasteiger partial charge in [0.25, 0.3) is 0 Å². The molecule has 1 saturated carbocycles. The van der Waals surface area contributed by atoms with E-state index >= 15 is 0 Å². The van der Waals surface area contributed by atoms with Crippen molar-refractivity contribution in [1.82, 2.24) is 0 Å². The van der Waals surface area contributed by atoms with E-state index in [1.807, 2.05) is 25.2 Å². The molecular formula is C54H88O18P2. The number of carbonyl (C=O) groups is 2. The van der Waals surface area contributed by atoms with Gasteiger partial charge in [-0.2, -0.15) is 0 Å². The number of aliphatic hydroxyl groups excluding tert-OH is 6. The van der Waals surface area contributed by atoms with Gasteiger partial charge in [0.15, 0.2) is 6.10 Å². The molecule has 0 bridgehead atoms. The van der Waals surface area contributed by atoms with Gasteiger partial charge in [-0.05, 0) is 77.0 Å². The predicted molar refractivity (Wildman–Crippen MR) is 285 cm³/mol. The summed E-state index contributed by atoms with van der Waals surface area (Å²) in [6, 6.07) is 0. The predicted octanol–water partition coefficient (Wildman–Crippen LogP) is 8.84. The van der Waals surface area contributed by atoms with Gasteiger partial charge in [-0.25, -0.2) is 9.13 Å². The molecule has 0 amide bonds. The van der Waals surface area contributed by atoms with Crippen molar-refractivity contribution in [2.45, 2.75) is 204 Å². The Bertz CT molecular complexity index is 1870. The number of hydrogen-bond donors (Lipinski definition) is 9. The summed E-state index contributed by atoms with van der Waals surface area (Å²) < 4.78 is 49.3. The molecule has 10 atom stereocenters. The topological polar surface area (TPSA) is 296 Å². The number of allylic oxidation sites excluding steroid dienone is 14. The van der Waals surface area contributed by atoms with Gasteiger partial charge < -0.3 is 54.8 Å². The van der Waals surface area contributed by atoms with Crippen LogP contribution in [0.3, 0.4) is 0 Å². The summed E-state index contributed by atoms with van der Waals surface area (Å²) in [4.78, 5) is 54.4. The van der Waals surface area contributed by atoms with Crippen LogP contribution >= 0.6 is 15.6 Å². The third-order valence-electron chi connectivity index (χ3n) is 11.3. The van der Waals surface area contributed by atoms with Crippen LogP contribution in [0, 0.1) is 0 Å². The second-order valence-electron chi connectivity index (χ2n) is 17.9. The first-order chi connectivity index (χ1) is 35.4. The lowest BCUT2D eigenvalue weighted by Gasteiger charge is -2.43. The number of phosphoric ester groups is 2. The van der Waals surface area contributed by atoms with E-state index in [1.165, 1.54) is 25.7 Å². The molecule has 0 aromatic rings. The molecule has 20 heteroatoms. The van der Waals surface area contributed by atoms with Crippen molar-refractivity contribution in [3.05, 3.63) is 109 Å². The van der Waals surface area contributed by atoms with Crippen molar-refractivity contribution in [1.29, 1.82) is 0 Å². The molecule has 1 fully saturated rings. The first kappa shape index (κ1) is 68.6. The van der Waals surface area contributed by atoms with Crippen molar-refractivity contribution < 1.29 is 87.1 Å². The van der Waals surface area contributed by atoms with Gasteiger partial charge in [0.05, 0.1) is 18.8 Å². The van der Waals surface area contributed by atoms with Crippen LogP contribution in [0.1, 0.15) is 149 Å². The number of hydrogen-bond acceptors (Lipinski definition) is 15. The van der Waals surface area contributed by atoms with Crippen molar-refractivity contribution in [3.63, 3.8) is 0 Å². The van der Waals surface area contributed by atoms with Gasteiger partial charge in [-0.3, -0.25) is 23.2 Å². The zero-order chi connectivity index (χ0) is 54.9. The van der Waals surface area contributed by atoms with Gasteiger partial charge in [-0.15, -0.1) is 0 Å². The first-order valence-electron chi connectivity index (χ1n) is 26.1. The molecule has 1 rings (SSSR count). The van der Waals surface area contributed by atoms with Crippen LogP contribution < -0.4 is 0 Å². The lowest BCUT2D eigenvalue weighted by molar-refractivity contribution is -0.216. The van der Waals surface area contributed by atoms with E-state index in [2.05, 4.69) is 47.9 Å². The first-order valence-corrected chi connectivity index (χ1v) is 29.2. The third kappa shape index (κ3) is 36.5. The fourth-order valence-electron chi connectivity index (χ4n) is 7.17. The molecule has 422 valence electrons. The Morgan fingerprint density at radius 1 is 0.514 bits per heavy atom. The minimum Gasteiger partial charge on any atom is -0.462 e. The normalized spacial score (nSPS) is 22.3. The molecule has 9 N–H and O–H groups in total. The van der Waals surface area contributed by atoms with Crippen molar-refractivity contribution in [2.24, 2.45) is 0 Å². The summed E-state index contributed by atoms with van der Waals surface area (Å²) in [6.45, 7) is 2.75. The molecule has 0 aromatic heterocycles. The van der Waals surface area contributed by atoms with Gasteiger partial charge in [0.1, 0.15) is 43.2 Å². The fourth-order valence-corrected chi connectivity index (χ4v) is 8.71. The molecule has 1 aliphatic rings. The Labute approximate surface area is 439 Å². The van der Waals surface area contributed by atoms with Crippen LogP contribution in [0.5, 0.6) is 0 Å². The molecule has 0 heterocycles. The molecule has 0 saturated heterocycles. The van der Waals surface area contributed by atoms with Crippen LogP contribution in [0.2, 0.25) is 0 Å². The van der Waals surface area contributed by atoms with Crippen LogP contribution in [0.15, 0.2) is 109 Å². The highest BCUT2D eigenvalue weighted by molar-refractivity contribution is 7.47. The number of esters is 2. The van der Waals surface area contributed by atoms with Crippen molar-refractivity contribution in [3.8, 4) is 0 Å². The van der Waals surface area contributed by atoms with Crippen LogP contribution in [0.4, 0.5) is 0 Å². The molecular weight excluding hydrogens is 999 g/mol. The second kappa shape index (κ2) is 42.7. The number of aliphatic hydroxyl groups is 6. The number of unbranched alkanes of at least 4 members (excludes halogenated alkanes) is 10. The lowest BCUT2D eigenvalue weighted by Crippen LogP contribution is -2.64. The third-order valence-corrected chi connectivity index (χ3v) is 12.8. The van der Waals surface area contributed by atoms with Crippen molar-refractivity contribution >= 4 is 27.6 Å². The zero-order valence-corrected chi connectivity index (χ0v) is 45.2. The zero-order valence-electron chi connectivity index (χ0n) is 43.4. The maximum atomic E-state index is 13.0. The van der Waals surface area contributed by atoms with Crippen LogP contribution in [0.25, 0.3) is 0 Å². The number of phosphoric acid groups is 2. The van der Waals surface area contributed by atoms with E-state index < -0.39 is 95.7 Å². The Hall–Kier alpha value is -3.42. The van der Waals surface area contributed by atoms with Gasteiger partial charge in [-0.1, -0.05) is 168 Å². The molecule has 18 nitrogen and oxygen atoms in total. The van der Waals surface area contributed by atoms with Crippen LogP contribution in [-0.4, -0.2) is 125 Å². The molecule has 0 spiro atoms. The molecule has 0 aromatic carbocycles. The highest BCUT2D eigenvalue weighted by Gasteiger charge is 2.54. The van der Waals surface area contributed by atoms with Crippen LogP contribution in [-0.2, 0) is 41.8 Å². The SMILES string of the molecule is CC/C=C\C[C@H](O)/C=C/C=C\C=C\[C@H](O)C/C=C\C/C=C\CCC(=O)O[C@H](COC(=O)CCCCCCCC/C=C\C/C=C\C/C=C\CCCCCC)COP(=O)(O)O[C@H]1C(O)C(O)C(O)[C@@H](OP(=O)(O)O)C1O. The average molecular weight is 1090 g/mol. The average Bonchev–Trinajstić information content (AvgIpc) is 3.35. The maximum Gasteiger partial charge on any atom is 0.472 e. The van der Waals surface area contributed by atoms with Gasteiger partial charge in [0, 0.05) is 12.8 Å². The quantitative estimate of drug-likeness (QED) is 0.00906. The molecule has 1 aliphatic carbocycles. The number of rotatable bonds is 42. The standard InChI is InChI=1S/C54H88O18P2/c1-3-5-7-8-9-10-11-12-13-14-15-16-17-18-19-20-21-22-26-34-40-47(57)68-42-46(43-69-74(66,67)72-54-51(61)49(59)50(60)53(52(54)62)71-73(63,64)65)70-48(58)41-35-27-24-23-25-31-37-45(56)39-33-29-28-32-38-44(55)36-30-6-4-2/h6,10-11,13-14,16-17,24-25,27-33,38-39,44-46,49-56,59-62H,3-5,7-9,12,15,18-23,26,34-37,40-43H2,1-2H3,(H,66,67)(H2,63,64,65)/b11-10-,14-13-,17-16-,27-24-,29-28-,30-6-,31-25-,38-32+,39-33+/t44-,45+,46+,49?,50?,51?,52?,53+,54-/m0/s1. The fraction of sp³-hybridized carbons (Fsp3) is 0.630. The minimum absolute atomic E-state index is 0.0614. The Balaban J connectivity index is 2.65. The Kier molecular flexibility index (Phi) is 39.5. The minimum atomic E-state index is -5.40. The Morgan fingerprint density at radius 2 is 1.00 bits per heavy atom. The van der Waals surface area contributed by atoms with E-state index in [-0.39, 0.29) is 19.3 Å². The highest BCUT2D eigenvalue weighted by Crippen LogP contribution is 2.49.